The molecular weight excluding hydrogens is 392 g/mol. The summed E-state index contributed by atoms with van der Waals surface area (Å²) in [4.78, 5) is 12.8. The number of unbranched alkanes of at least 4 members (excludes halogenated alkanes) is 1. The molecule has 3 rings (SSSR count). The highest BCUT2D eigenvalue weighted by atomic mass is 32.2. The lowest BCUT2D eigenvalue weighted by molar-refractivity contribution is -0.143. The Bertz CT molecular complexity index is 973. The molecule has 0 saturated heterocycles. The fourth-order valence-corrected chi connectivity index (χ4v) is 5.15. The highest BCUT2D eigenvalue weighted by Gasteiger charge is 2.28. The highest BCUT2D eigenvalue weighted by Crippen LogP contribution is 2.42. The molecule has 0 amide bonds. The first-order chi connectivity index (χ1) is 14.4. The van der Waals surface area contributed by atoms with Crippen LogP contribution in [0.25, 0.3) is 0 Å². The SMILES string of the molecule is CCOC(=O)CCCCc1cc(C#Cc2cc3c(cc2C)SCCC3(C)C)cnn1. The van der Waals surface area contributed by atoms with E-state index < -0.39 is 0 Å². The highest BCUT2D eigenvalue weighted by molar-refractivity contribution is 7.99. The van der Waals surface area contributed by atoms with Gasteiger partial charge in [0.25, 0.3) is 0 Å². The van der Waals surface area contributed by atoms with Crippen LogP contribution in [-0.4, -0.2) is 28.5 Å². The minimum absolute atomic E-state index is 0.134. The van der Waals surface area contributed by atoms with Crippen molar-refractivity contribution in [3.05, 3.63) is 52.3 Å². The Labute approximate surface area is 184 Å². The third-order valence-corrected chi connectivity index (χ3v) is 6.51. The second kappa shape index (κ2) is 10.1. The molecule has 4 nitrogen and oxygen atoms in total. The number of ether oxygens (including phenoxy) is 1. The van der Waals surface area contributed by atoms with Gasteiger partial charge < -0.3 is 4.74 Å². The number of benzene rings is 1. The largest absolute Gasteiger partial charge is 0.466 e. The molecule has 30 heavy (non-hydrogen) atoms. The van der Waals surface area contributed by atoms with Crippen LogP contribution in [0.1, 0.15) is 74.4 Å². The molecule has 0 radical (unpaired) electrons. The van der Waals surface area contributed by atoms with Crippen LogP contribution in [-0.2, 0) is 21.4 Å². The topological polar surface area (TPSA) is 52.1 Å². The lowest BCUT2D eigenvalue weighted by Gasteiger charge is -2.32. The summed E-state index contributed by atoms with van der Waals surface area (Å²) in [5.41, 5.74) is 5.68. The van der Waals surface area contributed by atoms with Crippen molar-refractivity contribution < 1.29 is 9.53 Å². The molecule has 1 aliphatic heterocycles. The Hall–Kier alpha value is -2.32. The molecule has 0 fully saturated rings. The first kappa shape index (κ1) is 22.4. The second-order valence-corrected chi connectivity index (χ2v) is 9.48. The van der Waals surface area contributed by atoms with E-state index in [-0.39, 0.29) is 11.4 Å². The maximum absolute atomic E-state index is 11.4. The number of nitrogens with zero attached hydrogens (tertiary/aromatic N) is 2. The monoisotopic (exact) mass is 422 g/mol. The van der Waals surface area contributed by atoms with Crippen molar-refractivity contribution in [1.29, 1.82) is 0 Å². The molecule has 0 saturated carbocycles. The van der Waals surface area contributed by atoms with Crippen molar-refractivity contribution in [3.63, 3.8) is 0 Å². The zero-order chi connectivity index (χ0) is 21.6. The number of esters is 1. The van der Waals surface area contributed by atoms with Crippen LogP contribution in [0.3, 0.4) is 0 Å². The van der Waals surface area contributed by atoms with Crippen LogP contribution in [0.15, 0.2) is 29.3 Å². The van der Waals surface area contributed by atoms with Crippen LogP contribution in [0.2, 0.25) is 0 Å². The zero-order valence-corrected chi connectivity index (χ0v) is 19.2. The summed E-state index contributed by atoms with van der Waals surface area (Å²) in [7, 11) is 0. The molecule has 0 atom stereocenters. The Morgan fingerprint density at radius 3 is 2.87 bits per heavy atom. The van der Waals surface area contributed by atoms with Gasteiger partial charge in [0.2, 0.25) is 0 Å². The van der Waals surface area contributed by atoms with Gasteiger partial charge in [-0.1, -0.05) is 25.7 Å². The van der Waals surface area contributed by atoms with Gasteiger partial charge in [0.05, 0.1) is 18.5 Å². The van der Waals surface area contributed by atoms with Gasteiger partial charge in [-0.05, 0) is 80.0 Å². The Morgan fingerprint density at radius 2 is 2.07 bits per heavy atom. The summed E-state index contributed by atoms with van der Waals surface area (Å²) in [5, 5.41) is 8.31. The van der Waals surface area contributed by atoms with Crippen LogP contribution in [0, 0.1) is 18.8 Å². The maximum atomic E-state index is 11.4. The third-order valence-electron chi connectivity index (χ3n) is 5.46. The lowest BCUT2D eigenvalue weighted by atomic mass is 9.80. The quantitative estimate of drug-likeness (QED) is 0.362. The molecule has 0 bridgehead atoms. The van der Waals surface area contributed by atoms with Crippen molar-refractivity contribution in [2.24, 2.45) is 0 Å². The van der Waals surface area contributed by atoms with Crippen molar-refractivity contribution in [2.75, 3.05) is 12.4 Å². The number of hydrogen-bond acceptors (Lipinski definition) is 5. The number of fused-ring (bicyclic) bond motifs is 1. The number of rotatable bonds is 6. The zero-order valence-electron chi connectivity index (χ0n) is 18.4. The summed E-state index contributed by atoms with van der Waals surface area (Å²) in [5.74, 6) is 7.66. The third kappa shape index (κ3) is 5.86. The first-order valence-electron chi connectivity index (χ1n) is 10.7. The minimum Gasteiger partial charge on any atom is -0.466 e. The predicted molar refractivity (Wildman–Crippen MR) is 122 cm³/mol. The average molecular weight is 423 g/mol. The number of aryl methyl sites for hydroxylation is 2. The van der Waals surface area contributed by atoms with Crippen molar-refractivity contribution in [3.8, 4) is 11.8 Å². The average Bonchev–Trinajstić information content (AvgIpc) is 2.70. The summed E-state index contributed by atoms with van der Waals surface area (Å²) in [6.45, 7) is 9.03. The molecule has 1 aliphatic rings. The van der Waals surface area contributed by atoms with Crippen molar-refractivity contribution in [1.82, 2.24) is 10.2 Å². The van der Waals surface area contributed by atoms with Crippen molar-refractivity contribution >= 4 is 17.7 Å². The van der Waals surface area contributed by atoms with Crippen LogP contribution in [0.5, 0.6) is 0 Å². The molecule has 5 heteroatoms. The summed E-state index contributed by atoms with van der Waals surface area (Å²) < 4.78 is 4.96. The number of carbonyl (C=O) groups excluding carboxylic acids is 1. The lowest BCUT2D eigenvalue weighted by Crippen LogP contribution is -2.23. The van der Waals surface area contributed by atoms with Gasteiger partial charge in [-0.15, -0.1) is 11.8 Å². The Balaban J connectivity index is 1.68. The molecule has 2 aromatic rings. The molecule has 0 spiro atoms. The van der Waals surface area contributed by atoms with Gasteiger partial charge in [0.15, 0.2) is 0 Å². The van der Waals surface area contributed by atoms with Crippen LogP contribution in [0.4, 0.5) is 0 Å². The van der Waals surface area contributed by atoms with E-state index in [9.17, 15) is 4.79 Å². The Morgan fingerprint density at radius 1 is 1.23 bits per heavy atom. The standard InChI is InChI=1S/C25H30N2O2S/c1-5-29-24(28)9-7-6-8-21-15-19(17-26-27-21)10-11-20-16-22-23(14-18(20)2)30-13-12-25(22,3)4/h14-17H,5-9,12-13H2,1-4H3. The summed E-state index contributed by atoms with van der Waals surface area (Å²) >= 11 is 1.95. The maximum Gasteiger partial charge on any atom is 0.305 e. The Kier molecular flexibility index (Phi) is 7.55. The molecule has 0 N–H and O–H groups in total. The fraction of sp³-hybridized carbons (Fsp3) is 0.480. The van der Waals surface area contributed by atoms with E-state index in [0.717, 1.165) is 36.1 Å². The van der Waals surface area contributed by atoms with E-state index >= 15 is 0 Å². The van der Waals surface area contributed by atoms with Gasteiger partial charge in [-0.2, -0.15) is 10.2 Å². The van der Waals surface area contributed by atoms with E-state index in [1.54, 1.807) is 6.20 Å². The van der Waals surface area contributed by atoms with E-state index in [0.29, 0.717) is 13.0 Å². The predicted octanol–water partition coefficient (Wildman–Crippen LogP) is 5.23. The second-order valence-electron chi connectivity index (χ2n) is 8.34. The summed E-state index contributed by atoms with van der Waals surface area (Å²) in [6.07, 6.45) is 5.80. The smallest absolute Gasteiger partial charge is 0.305 e. The minimum atomic E-state index is -0.134. The van der Waals surface area contributed by atoms with Gasteiger partial charge >= 0.3 is 5.97 Å². The molecule has 158 valence electrons. The van der Waals surface area contributed by atoms with Crippen LogP contribution >= 0.6 is 11.8 Å². The molecule has 0 aliphatic carbocycles. The number of aromatic nitrogens is 2. The van der Waals surface area contributed by atoms with E-state index in [4.69, 9.17) is 4.74 Å². The molecule has 1 aromatic heterocycles. The summed E-state index contributed by atoms with van der Waals surface area (Å²) in [6, 6.07) is 6.55. The van der Waals surface area contributed by atoms with E-state index in [1.165, 1.54) is 28.2 Å². The fourth-order valence-electron chi connectivity index (χ4n) is 3.56. The molecular formula is C25H30N2O2S. The molecule has 2 heterocycles. The van der Waals surface area contributed by atoms with E-state index in [2.05, 4.69) is 54.9 Å². The van der Waals surface area contributed by atoms with Gasteiger partial charge in [-0.3, -0.25) is 4.79 Å². The normalized spacial score (nSPS) is 14.4. The van der Waals surface area contributed by atoms with Gasteiger partial charge in [-0.25, -0.2) is 0 Å². The molecule has 1 aromatic carbocycles. The number of carbonyl (C=O) groups is 1. The first-order valence-corrected chi connectivity index (χ1v) is 11.6. The van der Waals surface area contributed by atoms with E-state index in [1.807, 2.05) is 24.8 Å². The van der Waals surface area contributed by atoms with Gasteiger partial charge in [0.1, 0.15) is 0 Å². The number of thioether (sulfide) groups is 1. The number of hydrogen-bond donors (Lipinski definition) is 0. The van der Waals surface area contributed by atoms with Gasteiger partial charge in [0, 0.05) is 22.4 Å². The van der Waals surface area contributed by atoms with Crippen molar-refractivity contribution in [2.45, 2.75) is 70.1 Å². The molecule has 0 unspecified atom stereocenters. The van der Waals surface area contributed by atoms with Crippen LogP contribution < -0.4 is 0 Å².